The summed E-state index contributed by atoms with van der Waals surface area (Å²) >= 11 is 1.67. The number of hydrogen-bond donors (Lipinski definition) is 2. The number of nitrogens with two attached hydrogens (primary N) is 1. The highest BCUT2D eigenvalue weighted by atomic mass is 32.1. The molecule has 2 rings (SSSR count). The number of nitrogen functional groups attached to an aromatic ring is 1. The van der Waals surface area contributed by atoms with Gasteiger partial charge in [0.15, 0.2) is 0 Å². The predicted octanol–water partition coefficient (Wildman–Crippen LogP) is 2.92. The minimum Gasteiger partial charge on any atom is -0.488 e. The van der Waals surface area contributed by atoms with E-state index in [0.29, 0.717) is 12.2 Å². The lowest BCUT2D eigenvalue weighted by atomic mass is 10.1. The summed E-state index contributed by atoms with van der Waals surface area (Å²) in [4.78, 5) is 1.18. The average molecular weight is 246 g/mol. The van der Waals surface area contributed by atoms with Crippen LogP contribution < -0.4 is 10.5 Å². The van der Waals surface area contributed by atoms with Crippen LogP contribution in [0.15, 0.2) is 35.7 Å². The SMILES string of the molecule is Cc1ccc(C(=N)N)cc1OCc1cccs1. The molecule has 0 saturated heterocycles. The van der Waals surface area contributed by atoms with E-state index in [2.05, 4.69) is 0 Å². The summed E-state index contributed by atoms with van der Waals surface area (Å²) < 4.78 is 5.73. The molecule has 1 heterocycles. The van der Waals surface area contributed by atoms with Crippen LogP contribution in [0.1, 0.15) is 16.0 Å². The van der Waals surface area contributed by atoms with E-state index in [1.165, 1.54) is 4.88 Å². The van der Waals surface area contributed by atoms with Crippen LogP contribution in [0.4, 0.5) is 0 Å². The van der Waals surface area contributed by atoms with Gasteiger partial charge in [-0.25, -0.2) is 0 Å². The number of thiophene rings is 1. The highest BCUT2D eigenvalue weighted by molar-refractivity contribution is 7.09. The van der Waals surface area contributed by atoms with E-state index in [-0.39, 0.29) is 5.84 Å². The summed E-state index contributed by atoms with van der Waals surface area (Å²) in [6.45, 7) is 2.54. The first kappa shape index (κ1) is 11.7. The predicted molar refractivity (Wildman–Crippen MR) is 70.8 cm³/mol. The number of aryl methyl sites for hydroxylation is 1. The van der Waals surface area contributed by atoms with Gasteiger partial charge < -0.3 is 10.5 Å². The van der Waals surface area contributed by atoms with Crippen LogP contribution >= 0.6 is 11.3 Å². The van der Waals surface area contributed by atoms with Gasteiger partial charge in [0.1, 0.15) is 18.2 Å². The normalized spacial score (nSPS) is 10.2. The molecular formula is C13H14N2OS. The van der Waals surface area contributed by atoms with Crippen molar-refractivity contribution in [2.24, 2.45) is 5.73 Å². The maximum absolute atomic E-state index is 7.40. The van der Waals surface area contributed by atoms with Gasteiger partial charge in [-0.2, -0.15) is 0 Å². The molecule has 2 aromatic rings. The second kappa shape index (κ2) is 5.01. The molecule has 17 heavy (non-hydrogen) atoms. The van der Waals surface area contributed by atoms with Gasteiger partial charge in [0.05, 0.1) is 0 Å². The van der Waals surface area contributed by atoms with Crippen molar-refractivity contribution in [1.82, 2.24) is 0 Å². The molecular weight excluding hydrogens is 232 g/mol. The fraction of sp³-hybridized carbons (Fsp3) is 0.154. The molecule has 4 heteroatoms. The van der Waals surface area contributed by atoms with Gasteiger partial charge in [-0.1, -0.05) is 18.2 Å². The van der Waals surface area contributed by atoms with Crippen LogP contribution in [-0.2, 0) is 6.61 Å². The second-order valence-corrected chi connectivity index (χ2v) is 4.79. The molecule has 88 valence electrons. The first-order chi connectivity index (χ1) is 8.16. The Labute approximate surface area is 104 Å². The molecule has 1 aromatic carbocycles. The first-order valence-corrected chi connectivity index (χ1v) is 6.15. The van der Waals surface area contributed by atoms with E-state index < -0.39 is 0 Å². The molecule has 0 aliphatic carbocycles. The van der Waals surface area contributed by atoms with E-state index in [9.17, 15) is 0 Å². The molecule has 0 saturated carbocycles. The minimum absolute atomic E-state index is 0.0611. The van der Waals surface area contributed by atoms with Gasteiger partial charge in [-0.05, 0) is 30.0 Å². The Kier molecular flexibility index (Phi) is 3.44. The smallest absolute Gasteiger partial charge is 0.123 e. The third kappa shape index (κ3) is 2.85. The molecule has 0 aliphatic heterocycles. The van der Waals surface area contributed by atoms with E-state index >= 15 is 0 Å². The minimum atomic E-state index is 0.0611. The highest BCUT2D eigenvalue weighted by Gasteiger charge is 2.04. The third-order valence-electron chi connectivity index (χ3n) is 2.45. The molecule has 0 radical (unpaired) electrons. The van der Waals surface area contributed by atoms with Crippen LogP contribution in [0.25, 0.3) is 0 Å². The van der Waals surface area contributed by atoms with Crippen LogP contribution in [0, 0.1) is 12.3 Å². The summed E-state index contributed by atoms with van der Waals surface area (Å²) in [5, 5.41) is 9.42. The zero-order chi connectivity index (χ0) is 12.3. The molecule has 1 aromatic heterocycles. The Morgan fingerprint density at radius 2 is 2.24 bits per heavy atom. The van der Waals surface area contributed by atoms with Gasteiger partial charge in [-0.15, -0.1) is 11.3 Å². The molecule has 0 bridgehead atoms. The summed E-state index contributed by atoms with van der Waals surface area (Å²) in [6, 6.07) is 9.60. The highest BCUT2D eigenvalue weighted by Crippen LogP contribution is 2.21. The Morgan fingerprint density at radius 1 is 1.41 bits per heavy atom. The van der Waals surface area contributed by atoms with Crippen LogP contribution in [-0.4, -0.2) is 5.84 Å². The maximum Gasteiger partial charge on any atom is 0.123 e. The van der Waals surface area contributed by atoms with E-state index in [0.717, 1.165) is 11.3 Å². The molecule has 3 N–H and O–H groups in total. The number of rotatable bonds is 4. The van der Waals surface area contributed by atoms with Gasteiger partial charge in [0, 0.05) is 10.4 Å². The summed E-state index contributed by atoms with van der Waals surface area (Å²) in [5.41, 5.74) is 7.19. The zero-order valence-corrected chi connectivity index (χ0v) is 10.4. The fourth-order valence-electron chi connectivity index (χ4n) is 1.47. The quantitative estimate of drug-likeness (QED) is 0.643. The largest absolute Gasteiger partial charge is 0.488 e. The lowest BCUT2D eigenvalue weighted by Gasteiger charge is -2.09. The number of nitrogens with one attached hydrogen (secondary N) is 1. The standard InChI is InChI=1S/C13H14N2OS/c1-9-4-5-10(13(14)15)7-12(9)16-8-11-3-2-6-17-11/h2-7H,8H2,1H3,(H3,14,15). The van der Waals surface area contributed by atoms with Gasteiger partial charge in [-0.3, -0.25) is 5.41 Å². The Morgan fingerprint density at radius 3 is 2.88 bits per heavy atom. The summed E-state index contributed by atoms with van der Waals surface area (Å²) in [7, 11) is 0. The van der Waals surface area contributed by atoms with Crippen LogP contribution in [0.5, 0.6) is 5.75 Å². The Balaban J connectivity index is 2.14. The molecule has 0 atom stereocenters. The topological polar surface area (TPSA) is 59.1 Å². The van der Waals surface area contributed by atoms with Crippen LogP contribution in [0.3, 0.4) is 0 Å². The van der Waals surface area contributed by atoms with E-state index in [1.807, 2.05) is 42.6 Å². The third-order valence-corrected chi connectivity index (χ3v) is 3.30. The number of benzene rings is 1. The molecule has 3 nitrogen and oxygen atoms in total. The van der Waals surface area contributed by atoms with Crippen molar-refractivity contribution < 1.29 is 4.74 Å². The van der Waals surface area contributed by atoms with Crippen molar-refractivity contribution in [3.8, 4) is 5.75 Å². The van der Waals surface area contributed by atoms with Crippen molar-refractivity contribution in [1.29, 1.82) is 5.41 Å². The second-order valence-electron chi connectivity index (χ2n) is 3.76. The Hall–Kier alpha value is -1.81. The monoisotopic (exact) mass is 246 g/mol. The number of ether oxygens (including phenoxy) is 1. The molecule has 0 fully saturated rings. The van der Waals surface area contributed by atoms with E-state index in [1.54, 1.807) is 11.3 Å². The van der Waals surface area contributed by atoms with Gasteiger partial charge in [0.25, 0.3) is 0 Å². The number of hydrogen-bond acceptors (Lipinski definition) is 3. The maximum atomic E-state index is 7.40. The van der Waals surface area contributed by atoms with Crippen molar-refractivity contribution in [3.63, 3.8) is 0 Å². The van der Waals surface area contributed by atoms with Crippen molar-refractivity contribution in [2.45, 2.75) is 13.5 Å². The lowest BCUT2D eigenvalue weighted by Crippen LogP contribution is -2.11. The molecule has 0 aliphatic rings. The molecule has 0 unspecified atom stereocenters. The van der Waals surface area contributed by atoms with Gasteiger partial charge in [0.2, 0.25) is 0 Å². The molecule has 0 amide bonds. The van der Waals surface area contributed by atoms with Gasteiger partial charge >= 0.3 is 0 Å². The zero-order valence-electron chi connectivity index (χ0n) is 9.57. The van der Waals surface area contributed by atoms with E-state index in [4.69, 9.17) is 15.9 Å². The van der Waals surface area contributed by atoms with Crippen molar-refractivity contribution >= 4 is 17.2 Å². The molecule has 0 spiro atoms. The summed E-state index contributed by atoms with van der Waals surface area (Å²) in [6.07, 6.45) is 0. The Bertz CT molecular complexity index is 520. The van der Waals surface area contributed by atoms with Crippen molar-refractivity contribution in [2.75, 3.05) is 0 Å². The summed E-state index contributed by atoms with van der Waals surface area (Å²) in [5.74, 6) is 0.845. The average Bonchev–Trinajstić information content (AvgIpc) is 2.80. The van der Waals surface area contributed by atoms with Crippen molar-refractivity contribution in [3.05, 3.63) is 51.7 Å². The van der Waals surface area contributed by atoms with Crippen LogP contribution in [0.2, 0.25) is 0 Å². The first-order valence-electron chi connectivity index (χ1n) is 5.27. The lowest BCUT2D eigenvalue weighted by molar-refractivity contribution is 0.307. The number of amidine groups is 1. The fourth-order valence-corrected chi connectivity index (χ4v) is 2.08.